The Morgan fingerprint density at radius 2 is 1.64 bits per heavy atom. The van der Waals surface area contributed by atoms with Gasteiger partial charge in [0.2, 0.25) is 0 Å². The number of benzene rings is 3. The number of aliphatic hydroxyl groups is 1. The van der Waals surface area contributed by atoms with E-state index < -0.39 is 41.1 Å². The quantitative estimate of drug-likeness (QED) is 0.168. The molecular formula is C32H30O7. The highest BCUT2D eigenvalue weighted by Crippen LogP contribution is 2.50. The van der Waals surface area contributed by atoms with Crippen molar-refractivity contribution in [3.63, 3.8) is 0 Å². The molecule has 2 heterocycles. The summed E-state index contributed by atoms with van der Waals surface area (Å²) in [6, 6.07) is 19.9. The van der Waals surface area contributed by atoms with Crippen LogP contribution in [0.3, 0.4) is 0 Å². The fourth-order valence-corrected chi connectivity index (χ4v) is 5.27. The standard InChI is InChI=1S/C32H30O7/c33-25(15-14-21-8-3-1-4-9-21)30-26(34)19-27-29(31(30)36)23-18-24(12-7-13-28(35)38-27)39-32(37,20-23)17-16-22-10-5-2-6-11-22/h1-6,8-11,14-17,19,23-24,34,36-37H,7,12-13,18,20H2/b15-14+,17-16+/t23-,24-,32-/m1/s1. The fraction of sp³-hybridized carbons (Fsp3) is 0.250. The molecule has 0 saturated carbocycles. The first kappa shape index (κ1) is 26.4. The van der Waals surface area contributed by atoms with Gasteiger partial charge in [-0.2, -0.15) is 0 Å². The van der Waals surface area contributed by atoms with E-state index in [1.807, 2.05) is 60.7 Å². The van der Waals surface area contributed by atoms with Crippen LogP contribution in [0, 0.1) is 0 Å². The van der Waals surface area contributed by atoms with Crippen LogP contribution in [0.4, 0.5) is 0 Å². The SMILES string of the molecule is O=C1CCC[C@@H]2C[C@H](C[C@@](O)(/C=C/c3ccccc3)O2)c2c(cc(O)c(C(=O)/C=C/c3ccccc3)c2O)O1. The van der Waals surface area contributed by atoms with Gasteiger partial charge in [0.15, 0.2) is 11.6 Å². The molecule has 0 unspecified atom stereocenters. The molecule has 1 fully saturated rings. The van der Waals surface area contributed by atoms with Crippen LogP contribution in [0.15, 0.2) is 78.9 Å². The highest BCUT2D eigenvalue weighted by atomic mass is 16.6. The molecule has 39 heavy (non-hydrogen) atoms. The monoisotopic (exact) mass is 526 g/mol. The first-order valence-electron chi connectivity index (χ1n) is 13.0. The molecule has 2 aliphatic rings. The van der Waals surface area contributed by atoms with Crippen LogP contribution in [-0.4, -0.2) is 39.0 Å². The second kappa shape index (κ2) is 11.3. The fourth-order valence-electron chi connectivity index (χ4n) is 5.27. The van der Waals surface area contributed by atoms with E-state index in [0.717, 1.165) is 11.1 Å². The largest absolute Gasteiger partial charge is 0.507 e. The Kier molecular flexibility index (Phi) is 7.63. The number of carbonyl (C=O) groups excluding carboxylic acids is 2. The summed E-state index contributed by atoms with van der Waals surface area (Å²) in [5, 5.41) is 33.6. The van der Waals surface area contributed by atoms with Crippen LogP contribution in [0.2, 0.25) is 0 Å². The Morgan fingerprint density at radius 3 is 2.33 bits per heavy atom. The molecule has 5 rings (SSSR count). The minimum Gasteiger partial charge on any atom is -0.507 e. The number of hydrogen-bond donors (Lipinski definition) is 3. The minimum atomic E-state index is -1.66. The van der Waals surface area contributed by atoms with E-state index in [0.29, 0.717) is 19.3 Å². The lowest BCUT2D eigenvalue weighted by molar-refractivity contribution is -0.227. The summed E-state index contributed by atoms with van der Waals surface area (Å²) in [5.41, 5.74) is 1.56. The molecule has 3 N–H and O–H groups in total. The third-order valence-corrected chi connectivity index (χ3v) is 7.09. The summed E-state index contributed by atoms with van der Waals surface area (Å²) in [6.45, 7) is 0. The van der Waals surface area contributed by atoms with Crippen molar-refractivity contribution in [1.82, 2.24) is 0 Å². The Bertz CT molecular complexity index is 1410. The number of phenols is 2. The molecule has 3 aromatic rings. The summed E-state index contributed by atoms with van der Waals surface area (Å²) in [4.78, 5) is 25.7. The molecule has 200 valence electrons. The van der Waals surface area contributed by atoms with E-state index in [1.165, 1.54) is 12.1 Å². The molecular weight excluding hydrogens is 496 g/mol. The van der Waals surface area contributed by atoms with Gasteiger partial charge in [-0.1, -0.05) is 72.8 Å². The molecule has 0 amide bonds. The highest BCUT2D eigenvalue weighted by molar-refractivity contribution is 6.11. The Labute approximate surface area is 226 Å². The van der Waals surface area contributed by atoms with Gasteiger partial charge < -0.3 is 24.8 Å². The van der Waals surface area contributed by atoms with Gasteiger partial charge in [0.05, 0.1) is 6.10 Å². The van der Waals surface area contributed by atoms with Crippen molar-refractivity contribution < 1.29 is 34.4 Å². The predicted molar refractivity (Wildman–Crippen MR) is 146 cm³/mol. The molecule has 0 spiro atoms. The van der Waals surface area contributed by atoms with Gasteiger partial charge in [-0.3, -0.25) is 9.59 Å². The normalized spacial score (nSPS) is 23.4. The molecule has 0 aliphatic carbocycles. The number of ether oxygens (including phenoxy) is 2. The number of fused-ring (bicyclic) bond motifs is 4. The molecule has 2 bridgehead atoms. The number of hydrogen-bond acceptors (Lipinski definition) is 7. The van der Waals surface area contributed by atoms with Gasteiger partial charge in [-0.15, -0.1) is 0 Å². The van der Waals surface area contributed by atoms with Gasteiger partial charge in [0.25, 0.3) is 0 Å². The van der Waals surface area contributed by atoms with Crippen LogP contribution in [-0.2, 0) is 9.53 Å². The lowest BCUT2D eigenvalue weighted by atomic mass is 9.80. The summed E-state index contributed by atoms with van der Waals surface area (Å²) >= 11 is 0. The molecule has 3 atom stereocenters. The van der Waals surface area contributed by atoms with E-state index in [2.05, 4.69) is 0 Å². The van der Waals surface area contributed by atoms with Gasteiger partial charge in [-0.05, 0) is 48.5 Å². The molecule has 7 heteroatoms. The van der Waals surface area contributed by atoms with Crippen LogP contribution in [0.25, 0.3) is 12.2 Å². The van der Waals surface area contributed by atoms with Crippen LogP contribution in [0.1, 0.15) is 65.1 Å². The molecule has 0 aromatic heterocycles. The first-order chi connectivity index (χ1) is 18.8. The van der Waals surface area contributed by atoms with Crippen molar-refractivity contribution in [1.29, 1.82) is 0 Å². The first-order valence-corrected chi connectivity index (χ1v) is 13.0. The number of carbonyl (C=O) groups is 2. The zero-order valence-electron chi connectivity index (χ0n) is 21.3. The summed E-state index contributed by atoms with van der Waals surface area (Å²) in [7, 11) is 0. The summed E-state index contributed by atoms with van der Waals surface area (Å²) in [6.07, 6.45) is 7.38. The second-order valence-corrected chi connectivity index (χ2v) is 9.97. The topological polar surface area (TPSA) is 113 Å². The Morgan fingerprint density at radius 1 is 0.974 bits per heavy atom. The molecule has 0 radical (unpaired) electrons. The summed E-state index contributed by atoms with van der Waals surface area (Å²) in [5.74, 6) is -4.31. The highest BCUT2D eigenvalue weighted by Gasteiger charge is 2.42. The van der Waals surface area contributed by atoms with Crippen molar-refractivity contribution >= 4 is 23.9 Å². The van der Waals surface area contributed by atoms with Gasteiger partial charge >= 0.3 is 5.97 Å². The molecule has 3 aromatic carbocycles. The van der Waals surface area contributed by atoms with E-state index >= 15 is 0 Å². The molecule has 2 aliphatic heterocycles. The second-order valence-electron chi connectivity index (χ2n) is 9.97. The molecule has 1 saturated heterocycles. The maximum Gasteiger partial charge on any atom is 0.311 e. The van der Waals surface area contributed by atoms with E-state index in [1.54, 1.807) is 18.2 Å². The number of esters is 1. The number of allylic oxidation sites excluding steroid dienone is 1. The van der Waals surface area contributed by atoms with E-state index in [-0.39, 0.29) is 29.7 Å². The van der Waals surface area contributed by atoms with E-state index in [9.17, 15) is 24.9 Å². The van der Waals surface area contributed by atoms with Crippen molar-refractivity contribution in [3.8, 4) is 17.2 Å². The predicted octanol–water partition coefficient (Wildman–Crippen LogP) is 5.75. The zero-order chi connectivity index (χ0) is 27.4. The van der Waals surface area contributed by atoms with Crippen molar-refractivity contribution in [3.05, 3.63) is 101 Å². The van der Waals surface area contributed by atoms with Crippen LogP contribution >= 0.6 is 0 Å². The van der Waals surface area contributed by atoms with Crippen molar-refractivity contribution in [2.24, 2.45) is 0 Å². The lowest BCUT2D eigenvalue weighted by Gasteiger charge is -2.41. The Hall–Kier alpha value is -4.20. The third-order valence-electron chi connectivity index (χ3n) is 7.09. The maximum absolute atomic E-state index is 13.1. The number of phenolic OH excluding ortho intramolecular Hbond substituents is 2. The average molecular weight is 527 g/mol. The maximum atomic E-state index is 13.1. The van der Waals surface area contributed by atoms with Crippen molar-refractivity contribution in [2.75, 3.05) is 0 Å². The molecule has 7 nitrogen and oxygen atoms in total. The van der Waals surface area contributed by atoms with Gasteiger partial charge in [0.1, 0.15) is 22.8 Å². The smallest absolute Gasteiger partial charge is 0.311 e. The van der Waals surface area contributed by atoms with Crippen LogP contribution < -0.4 is 4.74 Å². The summed E-state index contributed by atoms with van der Waals surface area (Å²) < 4.78 is 11.6. The van der Waals surface area contributed by atoms with Crippen molar-refractivity contribution in [2.45, 2.75) is 49.9 Å². The number of aromatic hydroxyl groups is 2. The van der Waals surface area contributed by atoms with Gasteiger partial charge in [-0.25, -0.2) is 0 Å². The third kappa shape index (κ3) is 6.11. The lowest BCUT2D eigenvalue weighted by Crippen LogP contribution is -2.42. The number of ketones is 1. The van der Waals surface area contributed by atoms with E-state index in [4.69, 9.17) is 9.47 Å². The zero-order valence-corrected chi connectivity index (χ0v) is 21.3. The number of rotatable bonds is 5. The average Bonchev–Trinajstić information content (AvgIpc) is 2.91. The van der Waals surface area contributed by atoms with Crippen LogP contribution in [0.5, 0.6) is 17.2 Å². The van der Waals surface area contributed by atoms with Gasteiger partial charge in [0, 0.05) is 24.5 Å². The Balaban J connectivity index is 1.54. The minimum absolute atomic E-state index is 0.0273.